The summed E-state index contributed by atoms with van der Waals surface area (Å²) in [6.07, 6.45) is 0. The Hall–Kier alpha value is 0.0800. The predicted octanol–water partition coefficient (Wildman–Crippen LogP) is 3.85. The largest absolute Gasteiger partial charge is 0.207 e. The molecule has 0 aromatic heterocycles. The first-order valence-electron chi connectivity index (χ1n) is 2.41. The summed E-state index contributed by atoms with van der Waals surface area (Å²) in [6.45, 7) is 0. The summed E-state index contributed by atoms with van der Waals surface area (Å²) in [5, 5.41) is 0. The molecule has 1 aromatic rings. The summed E-state index contributed by atoms with van der Waals surface area (Å²) in [5.41, 5.74) is 0. The fraction of sp³-hybridized carbons (Fsp3) is 0. The van der Waals surface area contributed by atoms with E-state index >= 15 is 0 Å². The van der Waals surface area contributed by atoms with Gasteiger partial charge in [0.2, 0.25) is 0 Å². The van der Waals surface area contributed by atoms with Gasteiger partial charge in [-0.05, 0) is 33.5 Å². The number of hydrogen-bond acceptors (Lipinski definition) is 1. The minimum absolute atomic E-state index is 0.178. The summed E-state index contributed by atoms with van der Waals surface area (Å²) in [6, 6.07) is 7.94. The van der Waals surface area contributed by atoms with E-state index in [2.05, 4.69) is 21.4 Å². The maximum Gasteiger partial charge on any atom is 0.123 e. The Morgan fingerprint density at radius 1 is 1.10 bits per heavy atom. The number of hydrogen-bond donors (Lipinski definition) is 0. The zero-order chi connectivity index (χ0) is 7.82. The number of benzene rings is 1. The molecule has 0 heterocycles. The van der Waals surface area contributed by atoms with Crippen LogP contribution in [0.25, 0.3) is 0 Å². The topological polar surface area (TPSA) is 0 Å². The molecule has 0 nitrogen and oxygen atoms in total. The van der Waals surface area contributed by atoms with Gasteiger partial charge in [-0.3, -0.25) is 0 Å². The first-order chi connectivity index (χ1) is 4.81. The smallest absolute Gasteiger partial charge is 0.123 e. The maximum absolute atomic E-state index is 11.9. The molecule has 0 N–H and O–H groups in total. The van der Waals surface area contributed by atoms with Gasteiger partial charge in [-0.25, -0.2) is 4.39 Å². The van der Waals surface area contributed by atoms with Crippen molar-refractivity contribution >= 4 is 31.6 Å². The van der Waals surface area contributed by atoms with Crippen LogP contribution < -0.4 is 0 Å². The number of halogens is 3. The highest BCUT2D eigenvalue weighted by Crippen LogP contribution is 2.08. The Labute approximate surface area is 72.3 Å². The van der Waals surface area contributed by atoms with Crippen molar-refractivity contribution in [3.63, 3.8) is 0 Å². The lowest BCUT2D eigenvalue weighted by Crippen LogP contribution is -1.63. The molecule has 1 rings (SSSR count). The van der Waals surface area contributed by atoms with Gasteiger partial charge >= 0.3 is 0 Å². The van der Waals surface area contributed by atoms with Crippen LogP contribution in [0.3, 0.4) is 0 Å². The van der Waals surface area contributed by atoms with Crippen LogP contribution in [0.4, 0.5) is 4.39 Å². The van der Waals surface area contributed by atoms with Crippen molar-refractivity contribution in [2.24, 2.45) is 0 Å². The molecule has 0 saturated carbocycles. The van der Waals surface area contributed by atoms with Gasteiger partial charge in [-0.2, -0.15) is 0 Å². The van der Waals surface area contributed by atoms with E-state index in [-0.39, 0.29) is 5.82 Å². The molecule has 0 spiro atoms. The Balaban J connectivity index is 0.000000236. The first kappa shape index (κ1) is 10.1. The summed E-state index contributed by atoms with van der Waals surface area (Å²) in [4.78, 5) is 0. The third kappa shape index (κ3) is 6.20. The molecule has 0 aliphatic heterocycles. The third-order valence-corrected chi connectivity index (χ3v) is 0.733. The first-order valence-corrected chi connectivity index (χ1v) is 4.88. The standard InChI is InChI=1S/C6H5F.Cl2S/c7-6-4-2-1-3-5-6;1-3-2/h1-5H;. The van der Waals surface area contributed by atoms with Crippen molar-refractivity contribution in [2.45, 2.75) is 0 Å². The lowest BCUT2D eigenvalue weighted by molar-refractivity contribution is 0.628. The van der Waals surface area contributed by atoms with Crippen LogP contribution in [0.5, 0.6) is 0 Å². The van der Waals surface area contributed by atoms with Gasteiger partial charge in [0.1, 0.15) is 5.82 Å². The quantitative estimate of drug-likeness (QED) is 0.611. The lowest BCUT2D eigenvalue weighted by Gasteiger charge is -1.78. The molecule has 0 amide bonds. The Morgan fingerprint density at radius 2 is 1.50 bits per heavy atom. The molecule has 0 saturated heterocycles. The average molecular weight is 199 g/mol. The van der Waals surface area contributed by atoms with Crippen LogP contribution in [-0.2, 0) is 0 Å². The van der Waals surface area contributed by atoms with Crippen molar-refractivity contribution in [2.75, 3.05) is 0 Å². The van der Waals surface area contributed by atoms with Gasteiger partial charge in [0, 0.05) is 0 Å². The molecule has 0 atom stereocenters. The highest BCUT2D eigenvalue weighted by molar-refractivity contribution is 8.38. The van der Waals surface area contributed by atoms with Crippen molar-refractivity contribution in [3.05, 3.63) is 36.1 Å². The van der Waals surface area contributed by atoms with Crippen LogP contribution in [0.1, 0.15) is 0 Å². The normalized spacial score (nSPS) is 7.90. The maximum atomic E-state index is 11.9. The molecule has 1 aromatic carbocycles. The molecule has 10 heavy (non-hydrogen) atoms. The van der Waals surface area contributed by atoms with E-state index in [1.165, 1.54) is 12.1 Å². The minimum Gasteiger partial charge on any atom is -0.207 e. The van der Waals surface area contributed by atoms with Gasteiger partial charge in [-0.15, -0.1) is 0 Å². The predicted molar refractivity (Wildman–Crippen MR) is 45.7 cm³/mol. The van der Waals surface area contributed by atoms with Crippen molar-refractivity contribution in [1.82, 2.24) is 0 Å². The molecule has 4 heteroatoms. The van der Waals surface area contributed by atoms with E-state index < -0.39 is 0 Å². The second-order valence-corrected chi connectivity index (χ2v) is 2.87. The molecule has 0 bridgehead atoms. The fourth-order valence-electron chi connectivity index (χ4n) is 0.415. The second kappa shape index (κ2) is 7.19. The van der Waals surface area contributed by atoms with E-state index in [0.717, 1.165) is 0 Å². The summed E-state index contributed by atoms with van der Waals surface area (Å²) in [5.74, 6) is -0.178. The van der Waals surface area contributed by atoms with Gasteiger partial charge in [0.25, 0.3) is 0 Å². The van der Waals surface area contributed by atoms with Gasteiger partial charge in [0.15, 0.2) is 0 Å². The van der Waals surface area contributed by atoms with E-state index in [1.807, 2.05) is 0 Å². The zero-order valence-electron chi connectivity index (χ0n) is 4.93. The van der Waals surface area contributed by atoms with Crippen LogP contribution in [-0.4, -0.2) is 0 Å². The van der Waals surface area contributed by atoms with Crippen LogP contribution in [0, 0.1) is 5.82 Å². The molecule has 0 aliphatic rings. The van der Waals surface area contributed by atoms with Gasteiger partial charge in [-0.1, -0.05) is 18.2 Å². The van der Waals surface area contributed by atoms with Crippen LogP contribution in [0.15, 0.2) is 30.3 Å². The molecule has 0 radical (unpaired) electrons. The monoisotopic (exact) mass is 198 g/mol. The Kier molecular flexibility index (Phi) is 7.25. The summed E-state index contributed by atoms with van der Waals surface area (Å²) in [7, 11) is 10.1. The molecule has 0 unspecified atom stereocenters. The van der Waals surface area contributed by atoms with Crippen LogP contribution in [0.2, 0.25) is 0 Å². The SMILES string of the molecule is ClSCl.Fc1ccccc1. The molecular formula is C6H5Cl2FS. The van der Waals surface area contributed by atoms with E-state index in [4.69, 9.17) is 0 Å². The minimum atomic E-state index is -0.178. The zero-order valence-corrected chi connectivity index (χ0v) is 7.26. The third-order valence-electron chi connectivity index (χ3n) is 0.733. The molecular weight excluding hydrogens is 194 g/mol. The van der Waals surface area contributed by atoms with Gasteiger partial charge < -0.3 is 0 Å². The van der Waals surface area contributed by atoms with Crippen molar-refractivity contribution in [1.29, 1.82) is 0 Å². The highest BCUT2D eigenvalue weighted by Gasteiger charge is 1.77. The van der Waals surface area contributed by atoms with Crippen LogP contribution >= 0.6 is 31.6 Å². The van der Waals surface area contributed by atoms with E-state index in [9.17, 15) is 4.39 Å². The molecule has 0 fully saturated rings. The lowest BCUT2D eigenvalue weighted by atomic mass is 10.4. The number of rotatable bonds is 0. The van der Waals surface area contributed by atoms with Crippen molar-refractivity contribution in [3.8, 4) is 0 Å². The van der Waals surface area contributed by atoms with E-state index in [0.29, 0.717) is 10.2 Å². The average Bonchev–Trinajstić information content (AvgIpc) is 1.91. The fourth-order valence-corrected chi connectivity index (χ4v) is 0.415. The second-order valence-electron chi connectivity index (χ2n) is 1.35. The Bertz CT molecular complexity index is 157. The van der Waals surface area contributed by atoms with Crippen molar-refractivity contribution < 1.29 is 4.39 Å². The Morgan fingerprint density at radius 3 is 1.70 bits per heavy atom. The van der Waals surface area contributed by atoms with E-state index in [1.54, 1.807) is 18.2 Å². The van der Waals surface area contributed by atoms with Gasteiger partial charge in [0.05, 0.1) is 10.2 Å². The molecule has 0 aliphatic carbocycles. The summed E-state index contributed by atoms with van der Waals surface area (Å²) < 4.78 is 11.9. The molecule has 56 valence electrons. The highest BCUT2D eigenvalue weighted by atomic mass is 36.0. The summed E-state index contributed by atoms with van der Waals surface area (Å²) >= 11 is 0.